The largest absolute Gasteiger partial charge is 0.308 e. The highest BCUT2D eigenvalue weighted by Crippen LogP contribution is 2.45. The van der Waals surface area contributed by atoms with Crippen LogP contribution < -0.4 is 4.57 Å². The van der Waals surface area contributed by atoms with Gasteiger partial charge in [0.05, 0.1) is 28.4 Å². The van der Waals surface area contributed by atoms with Crippen molar-refractivity contribution in [1.29, 1.82) is 0 Å². The monoisotopic (exact) mass is 480 g/mol. The van der Waals surface area contributed by atoms with Crippen LogP contribution in [0.15, 0.2) is 60.8 Å². The first-order valence-corrected chi connectivity index (χ1v) is 13.0. The van der Waals surface area contributed by atoms with Gasteiger partial charge in [0.2, 0.25) is 5.52 Å². The Bertz CT molecular complexity index is 2130. The van der Waals surface area contributed by atoms with Crippen LogP contribution in [0.3, 0.4) is 0 Å². The van der Waals surface area contributed by atoms with Gasteiger partial charge >= 0.3 is 0 Å². The zero-order valence-corrected chi connectivity index (χ0v) is 22.3. The Hall–Kier alpha value is -4.16. The van der Waals surface area contributed by atoms with E-state index in [1.807, 2.05) is 6.07 Å². The molecular weight excluding hydrogens is 450 g/mol. The van der Waals surface area contributed by atoms with Crippen LogP contribution in [-0.2, 0) is 13.5 Å². The molecule has 0 fully saturated rings. The van der Waals surface area contributed by atoms with Gasteiger partial charge in [-0.05, 0) is 59.0 Å². The van der Waals surface area contributed by atoms with E-state index in [2.05, 4.69) is 110 Å². The first-order valence-electron chi connectivity index (χ1n) is 13.0. The van der Waals surface area contributed by atoms with Crippen molar-refractivity contribution in [1.82, 2.24) is 4.40 Å². The van der Waals surface area contributed by atoms with Crippen LogP contribution >= 0.6 is 0 Å². The van der Waals surface area contributed by atoms with E-state index in [1.165, 1.54) is 70.9 Å². The van der Waals surface area contributed by atoms with Crippen molar-refractivity contribution in [3.05, 3.63) is 88.9 Å². The van der Waals surface area contributed by atoms with Gasteiger partial charge in [-0.3, -0.25) is 0 Å². The summed E-state index contributed by atoms with van der Waals surface area (Å²) < 4.78 is 4.81. The summed E-state index contributed by atoms with van der Waals surface area (Å²) in [5.74, 6) is 0. The minimum atomic E-state index is 0.106. The van der Waals surface area contributed by atoms with Crippen LogP contribution in [0, 0.1) is 25.8 Å². The molecule has 37 heavy (non-hydrogen) atoms. The average molecular weight is 481 g/mol. The van der Waals surface area contributed by atoms with Crippen LogP contribution in [0.2, 0.25) is 0 Å². The molecule has 0 saturated heterocycles. The summed E-state index contributed by atoms with van der Waals surface area (Å²) in [6.07, 6.45) is 3.16. The predicted octanol–water partition coefficient (Wildman–Crippen LogP) is 8.72. The molecule has 0 bridgehead atoms. The molecule has 0 atom stereocenters. The van der Waals surface area contributed by atoms with Gasteiger partial charge in [0.1, 0.15) is 7.05 Å². The van der Waals surface area contributed by atoms with E-state index in [4.69, 9.17) is 6.57 Å². The molecule has 0 aliphatic carbocycles. The summed E-state index contributed by atoms with van der Waals surface area (Å²) in [7, 11) is 2.18. The van der Waals surface area contributed by atoms with Crippen LogP contribution in [0.25, 0.3) is 64.6 Å². The molecular formula is C34H30N3+. The number of nitrogens with zero attached hydrogens (tertiary/aromatic N) is 3. The third kappa shape index (κ3) is 2.90. The Labute approximate surface area is 216 Å². The van der Waals surface area contributed by atoms with Crippen LogP contribution in [0.1, 0.15) is 37.5 Å². The molecule has 7 rings (SSSR count). The van der Waals surface area contributed by atoms with Gasteiger partial charge in [0, 0.05) is 22.4 Å². The van der Waals surface area contributed by atoms with E-state index >= 15 is 0 Å². The highest BCUT2D eigenvalue weighted by Gasteiger charge is 2.28. The van der Waals surface area contributed by atoms with Crippen LogP contribution in [-0.4, -0.2) is 4.40 Å². The lowest BCUT2D eigenvalue weighted by Crippen LogP contribution is -2.29. The number of pyridine rings is 2. The van der Waals surface area contributed by atoms with Crippen molar-refractivity contribution >= 4 is 65.5 Å². The van der Waals surface area contributed by atoms with E-state index in [9.17, 15) is 0 Å². The Kier molecular flexibility index (Phi) is 4.30. The van der Waals surface area contributed by atoms with Gasteiger partial charge in [-0.1, -0.05) is 68.8 Å². The maximum atomic E-state index is 7.74. The second-order valence-corrected chi connectivity index (χ2v) is 12.0. The fourth-order valence-electron chi connectivity index (χ4n) is 6.61. The summed E-state index contributed by atoms with van der Waals surface area (Å²) >= 11 is 0. The number of rotatable bonds is 1. The minimum Gasteiger partial charge on any atom is -0.308 e. The maximum absolute atomic E-state index is 7.74. The number of hydrogen-bond donors (Lipinski definition) is 0. The number of hydrogen-bond acceptors (Lipinski definition) is 0. The number of aryl methyl sites for hydroxylation is 3. The summed E-state index contributed by atoms with van der Waals surface area (Å²) in [4.78, 5) is 3.81. The Morgan fingerprint density at radius 2 is 1.59 bits per heavy atom. The Morgan fingerprint density at radius 3 is 2.35 bits per heavy atom. The Morgan fingerprint density at radius 1 is 0.838 bits per heavy atom. The second-order valence-electron chi connectivity index (χ2n) is 12.0. The summed E-state index contributed by atoms with van der Waals surface area (Å²) in [5.41, 5.74) is 9.73. The highest BCUT2D eigenvalue weighted by atomic mass is 15.0. The van der Waals surface area contributed by atoms with Crippen molar-refractivity contribution in [3.8, 4) is 0 Å². The minimum absolute atomic E-state index is 0.106. The SMILES string of the molecule is [C-]#[N+]c1ccc2c3ccc4cc[n+](C)c5c6c(C)c7ccc(C)cc7c(CC(C)(C)C)c6n(c2c1)c3c45. The van der Waals surface area contributed by atoms with Gasteiger partial charge in [0.15, 0.2) is 11.9 Å². The van der Waals surface area contributed by atoms with Gasteiger partial charge in [0.25, 0.3) is 0 Å². The molecule has 7 aromatic rings. The molecule has 180 valence electrons. The molecule has 4 aromatic carbocycles. The molecule has 3 aromatic heterocycles. The van der Waals surface area contributed by atoms with Crippen molar-refractivity contribution < 1.29 is 4.57 Å². The van der Waals surface area contributed by atoms with Gasteiger partial charge in [-0.2, -0.15) is 0 Å². The van der Waals surface area contributed by atoms with E-state index in [-0.39, 0.29) is 5.41 Å². The Balaban J connectivity index is 1.94. The van der Waals surface area contributed by atoms with E-state index in [0.717, 1.165) is 11.9 Å². The summed E-state index contributed by atoms with van der Waals surface area (Å²) in [6, 6.07) is 19.9. The standard InChI is InChI=1S/C34H30N3/c1-19-8-11-23-20(2)29-32(27(26(23)16-19)18-34(3,4)5)37-28-17-22(35-6)10-13-24(28)25-12-9-21-14-15-36(7)33(29)30(21)31(25)37/h8-17H,18H2,1-5,7H3/q+1. The van der Waals surface area contributed by atoms with E-state index < -0.39 is 0 Å². The molecule has 0 amide bonds. The fraction of sp³-hybridized carbons (Fsp3) is 0.235. The molecule has 0 aliphatic heterocycles. The molecule has 3 nitrogen and oxygen atoms in total. The highest BCUT2D eigenvalue weighted by molar-refractivity contribution is 6.29. The molecule has 0 aliphatic rings. The first kappa shape index (κ1) is 22.1. The quantitative estimate of drug-likeness (QED) is 0.0964. The summed E-state index contributed by atoms with van der Waals surface area (Å²) in [5, 5.41) is 8.99. The molecule has 0 unspecified atom stereocenters. The second kappa shape index (κ2) is 7.20. The molecule has 0 saturated carbocycles. The van der Waals surface area contributed by atoms with Crippen molar-refractivity contribution in [2.45, 2.75) is 41.0 Å². The number of aromatic nitrogens is 2. The summed E-state index contributed by atoms with van der Waals surface area (Å²) in [6.45, 7) is 19.2. The third-order valence-corrected chi connectivity index (χ3v) is 8.11. The van der Waals surface area contributed by atoms with E-state index in [1.54, 1.807) is 0 Å². The lowest BCUT2D eigenvalue weighted by atomic mass is 9.83. The number of fused-ring (bicyclic) bond motifs is 7. The topological polar surface area (TPSA) is 12.7 Å². The molecule has 0 radical (unpaired) electrons. The van der Waals surface area contributed by atoms with Gasteiger partial charge in [-0.25, -0.2) is 9.41 Å². The van der Waals surface area contributed by atoms with Crippen molar-refractivity contribution in [3.63, 3.8) is 0 Å². The van der Waals surface area contributed by atoms with Crippen molar-refractivity contribution in [2.24, 2.45) is 12.5 Å². The average Bonchev–Trinajstić information content (AvgIpc) is 3.19. The molecule has 3 heterocycles. The smallest absolute Gasteiger partial charge is 0.224 e. The molecule has 0 spiro atoms. The lowest BCUT2D eigenvalue weighted by Gasteiger charge is -2.24. The van der Waals surface area contributed by atoms with Gasteiger partial charge in [-0.15, -0.1) is 0 Å². The third-order valence-electron chi connectivity index (χ3n) is 8.11. The van der Waals surface area contributed by atoms with E-state index in [0.29, 0.717) is 5.69 Å². The number of benzene rings is 4. The predicted molar refractivity (Wildman–Crippen MR) is 156 cm³/mol. The lowest BCUT2D eigenvalue weighted by molar-refractivity contribution is -0.643. The zero-order chi connectivity index (χ0) is 25.8. The van der Waals surface area contributed by atoms with Crippen molar-refractivity contribution in [2.75, 3.05) is 0 Å². The first-order chi connectivity index (χ1) is 17.7. The van der Waals surface area contributed by atoms with Gasteiger partial charge < -0.3 is 4.40 Å². The fourth-order valence-corrected chi connectivity index (χ4v) is 6.61. The molecule has 0 N–H and O–H groups in total. The maximum Gasteiger partial charge on any atom is 0.224 e. The molecule has 3 heteroatoms. The normalized spacial score (nSPS) is 12.7. The zero-order valence-electron chi connectivity index (χ0n) is 22.3. The van der Waals surface area contributed by atoms with Crippen LogP contribution in [0.5, 0.6) is 0 Å². The van der Waals surface area contributed by atoms with Crippen LogP contribution in [0.4, 0.5) is 5.69 Å².